The number of rotatable bonds is 9. The summed E-state index contributed by atoms with van der Waals surface area (Å²) < 4.78 is 10.9. The molecule has 0 spiro atoms. The molecule has 204 valence electrons. The van der Waals surface area contributed by atoms with Crippen LogP contribution < -0.4 is 15.0 Å². The van der Waals surface area contributed by atoms with Gasteiger partial charge >= 0.3 is 5.97 Å². The number of amides is 2. The van der Waals surface area contributed by atoms with Gasteiger partial charge in [-0.25, -0.2) is 4.79 Å². The normalized spacial score (nSPS) is 13.2. The first-order valence-electron chi connectivity index (χ1n) is 13.3. The van der Waals surface area contributed by atoms with E-state index in [1.807, 2.05) is 65.6 Å². The molecule has 8 nitrogen and oxygen atoms in total. The van der Waals surface area contributed by atoms with Gasteiger partial charge in [-0.3, -0.25) is 9.59 Å². The lowest BCUT2D eigenvalue weighted by Crippen LogP contribution is -2.49. The summed E-state index contributed by atoms with van der Waals surface area (Å²) in [6, 6.07) is 22.0. The molecule has 0 aromatic heterocycles. The molecule has 3 aromatic carbocycles. The van der Waals surface area contributed by atoms with Gasteiger partial charge < -0.3 is 24.6 Å². The minimum absolute atomic E-state index is 0.0000101. The summed E-state index contributed by atoms with van der Waals surface area (Å²) in [6.45, 7) is 8.30. The zero-order chi connectivity index (χ0) is 27.8. The average molecular weight is 530 g/mol. The Kier molecular flexibility index (Phi) is 9.20. The molecule has 3 aromatic rings. The number of piperazine rings is 1. The molecule has 39 heavy (non-hydrogen) atoms. The molecule has 0 unspecified atom stereocenters. The predicted octanol–water partition coefficient (Wildman–Crippen LogP) is 4.97. The number of nitrogens with one attached hydrogen (secondary N) is 1. The summed E-state index contributed by atoms with van der Waals surface area (Å²) in [5.74, 6) is 0.211. The maximum Gasteiger partial charge on any atom is 0.338 e. The second-order valence-electron chi connectivity index (χ2n) is 9.66. The van der Waals surface area contributed by atoms with E-state index in [0.29, 0.717) is 54.7 Å². The van der Waals surface area contributed by atoms with Crippen molar-refractivity contribution < 1.29 is 23.9 Å². The molecule has 2 amide bonds. The molecular weight excluding hydrogens is 494 g/mol. The Balaban J connectivity index is 1.45. The molecule has 0 aliphatic carbocycles. The van der Waals surface area contributed by atoms with Crippen molar-refractivity contribution in [3.05, 3.63) is 89.5 Å². The Morgan fingerprint density at radius 1 is 0.872 bits per heavy atom. The van der Waals surface area contributed by atoms with E-state index in [9.17, 15) is 14.4 Å². The van der Waals surface area contributed by atoms with E-state index in [4.69, 9.17) is 9.47 Å². The van der Waals surface area contributed by atoms with Gasteiger partial charge in [-0.1, -0.05) is 44.2 Å². The van der Waals surface area contributed by atoms with Crippen LogP contribution in [0, 0.1) is 0 Å². The SMILES string of the molecule is CCOC(=O)c1ccc(N2CCN(C(=O)c3ccccc3)CC2)c(NC(=O)COc2ccc(C(C)C)cc2)c1. The summed E-state index contributed by atoms with van der Waals surface area (Å²) in [4.78, 5) is 42.1. The maximum atomic E-state index is 12.9. The van der Waals surface area contributed by atoms with Gasteiger partial charge in [0.25, 0.3) is 11.8 Å². The number of ether oxygens (including phenoxy) is 2. The number of esters is 1. The van der Waals surface area contributed by atoms with Gasteiger partial charge in [0.05, 0.1) is 23.5 Å². The van der Waals surface area contributed by atoms with Crippen molar-refractivity contribution >= 4 is 29.2 Å². The summed E-state index contributed by atoms with van der Waals surface area (Å²) in [7, 11) is 0. The topological polar surface area (TPSA) is 88.2 Å². The molecule has 1 aliphatic heterocycles. The van der Waals surface area contributed by atoms with Crippen LogP contribution >= 0.6 is 0 Å². The number of hydrogen-bond acceptors (Lipinski definition) is 6. The highest BCUT2D eigenvalue weighted by Crippen LogP contribution is 2.29. The van der Waals surface area contributed by atoms with Gasteiger partial charge in [-0.2, -0.15) is 0 Å². The highest BCUT2D eigenvalue weighted by molar-refractivity contribution is 5.99. The van der Waals surface area contributed by atoms with E-state index in [2.05, 4.69) is 24.1 Å². The van der Waals surface area contributed by atoms with Crippen LogP contribution in [0.4, 0.5) is 11.4 Å². The first-order valence-corrected chi connectivity index (χ1v) is 13.3. The van der Waals surface area contributed by atoms with Crippen molar-refractivity contribution in [3.63, 3.8) is 0 Å². The van der Waals surface area contributed by atoms with Crippen LogP contribution in [0.2, 0.25) is 0 Å². The van der Waals surface area contributed by atoms with Crippen molar-refractivity contribution in [1.82, 2.24) is 4.90 Å². The third kappa shape index (κ3) is 7.16. The number of benzene rings is 3. The monoisotopic (exact) mass is 529 g/mol. The van der Waals surface area contributed by atoms with Crippen LogP contribution in [0.1, 0.15) is 53.0 Å². The Bertz CT molecular complexity index is 1280. The second-order valence-corrected chi connectivity index (χ2v) is 9.66. The first-order chi connectivity index (χ1) is 18.9. The van der Waals surface area contributed by atoms with E-state index in [1.165, 1.54) is 5.56 Å². The molecule has 0 bridgehead atoms. The second kappa shape index (κ2) is 13.0. The number of carbonyl (C=O) groups excluding carboxylic acids is 3. The van der Waals surface area contributed by atoms with Crippen LogP contribution in [0.25, 0.3) is 0 Å². The molecule has 4 rings (SSSR count). The summed E-state index contributed by atoms with van der Waals surface area (Å²) in [5.41, 5.74) is 3.46. The Morgan fingerprint density at radius 3 is 2.21 bits per heavy atom. The van der Waals surface area contributed by atoms with Crippen molar-refractivity contribution in [2.45, 2.75) is 26.7 Å². The maximum absolute atomic E-state index is 12.9. The standard InChI is InChI=1S/C31H35N3O5/c1-4-38-31(37)25-12-15-28(33-16-18-34(19-17-33)30(36)24-8-6-5-7-9-24)27(20-25)32-29(35)21-39-26-13-10-23(11-14-26)22(2)3/h5-15,20,22H,4,16-19,21H2,1-3H3,(H,32,35). The minimum atomic E-state index is -0.459. The van der Waals surface area contributed by atoms with Crippen LogP contribution in [0.5, 0.6) is 5.75 Å². The molecule has 1 N–H and O–H groups in total. The van der Waals surface area contributed by atoms with Gasteiger partial charge in [0.15, 0.2) is 6.61 Å². The quantitative estimate of drug-likeness (QED) is 0.394. The fourth-order valence-electron chi connectivity index (χ4n) is 4.45. The summed E-state index contributed by atoms with van der Waals surface area (Å²) in [5, 5.41) is 2.91. The van der Waals surface area contributed by atoms with E-state index in [0.717, 1.165) is 5.69 Å². The highest BCUT2D eigenvalue weighted by atomic mass is 16.5. The van der Waals surface area contributed by atoms with Crippen molar-refractivity contribution in [1.29, 1.82) is 0 Å². The number of carbonyl (C=O) groups is 3. The lowest BCUT2D eigenvalue weighted by molar-refractivity contribution is -0.118. The molecule has 1 saturated heterocycles. The highest BCUT2D eigenvalue weighted by Gasteiger charge is 2.24. The lowest BCUT2D eigenvalue weighted by Gasteiger charge is -2.37. The Hall–Kier alpha value is -4.33. The summed E-state index contributed by atoms with van der Waals surface area (Å²) >= 11 is 0. The molecule has 0 radical (unpaired) electrons. The number of anilines is 2. The fourth-order valence-corrected chi connectivity index (χ4v) is 4.45. The molecule has 0 saturated carbocycles. The van der Waals surface area contributed by atoms with E-state index >= 15 is 0 Å². The van der Waals surface area contributed by atoms with Crippen LogP contribution in [0.3, 0.4) is 0 Å². The summed E-state index contributed by atoms with van der Waals surface area (Å²) in [6.07, 6.45) is 0. The van der Waals surface area contributed by atoms with Gasteiger partial charge in [-0.05, 0) is 60.9 Å². The minimum Gasteiger partial charge on any atom is -0.484 e. The smallest absolute Gasteiger partial charge is 0.338 e. The van der Waals surface area contributed by atoms with Crippen molar-refractivity contribution in [2.75, 3.05) is 49.6 Å². The molecule has 1 fully saturated rings. The van der Waals surface area contributed by atoms with E-state index in [-0.39, 0.29) is 25.0 Å². The average Bonchev–Trinajstić information content (AvgIpc) is 2.96. The van der Waals surface area contributed by atoms with Gasteiger partial charge in [0, 0.05) is 31.7 Å². The first kappa shape index (κ1) is 27.7. The Morgan fingerprint density at radius 2 is 1.56 bits per heavy atom. The zero-order valence-corrected chi connectivity index (χ0v) is 22.7. The van der Waals surface area contributed by atoms with Crippen LogP contribution in [-0.2, 0) is 9.53 Å². The third-order valence-corrected chi connectivity index (χ3v) is 6.63. The molecule has 1 aliphatic rings. The van der Waals surface area contributed by atoms with E-state index < -0.39 is 5.97 Å². The van der Waals surface area contributed by atoms with Gasteiger partial charge in [0.2, 0.25) is 0 Å². The fraction of sp³-hybridized carbons (Fsp3) is 0.323. The van der Waals surface area contributed by atoms with Gasteiger partial charge in [-0.15, -0.1) is 0 Å². The molecule has 1 heterocycles. The van der Waals surface area contributed by atoms with Crippen LogP contribution in [-0.4, -0.2) is 62.1 Å². The van der Waals surface area contributed by atoms with Crippen molar-refractivity contribution in [3.8, 4) is 5.75 Å². The lowest BCUT2D eigenvalue weighted by atomic mass is 10.0. The van der Waals surface area contributed by atoms with Crippen molar-refractivity contribution in [2.24, 2.45) is 0 Å². The Labute approximate surface area is 229 Å². The predicted molar refractivity (Wildman–Crippen MR) is 152 cm³/mol. The zero-order valence-electron chi connectivity index (χ0n) is 22.7. The van der Waals surface area contributed by atoms with Gasteiger partial charge in [0.1, 0.15) is 5.75 Å². The number of hydrogen-bond donors (Lipinski definition) is 1. The van der Waals surface area contributed by atoms with E-state index in [1.54, 1.807) is 19.1 Å². The number of nitrogens with zero attached hydrogens (tertiary/aromatic N) is 2. The molecular formula is C31H35N3O5. The third-order valence-electron chi connectivity index (χ3n) is 6.63. The molecule has 0 atom stereocenters. The molecule has 8 heteroatoms. The largest absolute Gasteiger partial charge is 0.484 e. The van der Waals surface area contributed by atoms with Crippen LogP contribution in [0.15, 0.2) is 72.8 Å².